The van der Waals surface area contributed by atoms with Gasteiger partial charge in [0.2, 0.25) is 0 Å². The number of aliphatic hydroxyl groups is 1. The van der Waals surface area contributed by atoms with Gasteiger partial charge in [-0.2, -0.15) is 0 Å². The van der Waals surface area contributed by atoms with Crippen LogP contribution >= 0.6 is 0 Å². The summed E-state index contributed by atoms with van der Waals surface area (Å²) in [5, 5.41) is 9.94. The van der Waals surface area contributed by atoms with E-state index in [1.165, 1.54) is 11.1 Å². The Labute approximate surface area is 160 Å². The Balaban J connectivity index is 1.86. The van der Waals surface area contributed by atoms with Crippen LogP contribution in [0, 0.1) is 11.3 Å². The number of epoxide rings is 1. The number of nitrogens with zero attached hydrogens (tertiary/aromatic N) is 1. The largest absolute Gasteiger partial charge is 0.496 e. The number of hydrogen-bond donors (Lipinski definition) is 1. The molecule has 2 aliphatic carbocycles. The Kier molecular flexibility index (Phi) is 3.78. The van der Waals surface area contributed by atoms with Gasteiger partial charge < -0.3 is 19.5 Å². The standard InChI is InChI=1S/C22H29NO4/c1-13-16(25)6-7-22(18-12-27-18)17-10-14-4-5-15(11-24)20(26-3)19(14)21(13,22)8-9-23(17)2/h4-5,13,17-18,24H,6-12H2,1-3H3/t13-,17?,18?,21-,22+/m1/s1. The number of likely N-dealkylation sites (N-methyl/N-ethyl adjacent to an activating group) is 1. The Hall–Kier alpha value is -1.43. The van der Waals surface area contributed by atoms with Crippen molar-refractivity contribution in [3.8, 4) is 5.75 Å². The quantitative estimate of drug-likeness (QED) is 0.824. The number of carbonyl (C=O) groups is 1. The second-order valence-corrected chi connectivity index (χ2v) is 8.92. The van der Waals surface area contributed by atoms with E-state index in [1.54, 1.807) is 7.11 Å². The minimum atomic E-state index is -0.273. The third kappa shape index (κ3) is 1.98. The van der Waals surface area contributed by atoms with Gasteiger partial charge in [-0.1, -0.05) is 19.1 Å². The van der Waals surface area contributed by atoms with Gasteiger partial charge in [0.15, 0.2) is 0 Å². The van der Waals surface area contributed by atoms with Crippen LogP contribution in [0.5, 0.6) is 5.75 Å². The third-order valence-electron chi connectivity index (χ3n) is 8.29. The lowest BCUT2D eigenvalue weighted by Crippen LogP contribution is -2.72. The molecule has 0 radical (unpaired) electrons. The second kappa shape index (κ2) is 5.79. The molecule has 2 bridgehead atoms. The molecule has 5 heteroatoms. The number of likely N-dealkylation sites (tertiary alicyclic amines) is 1. The molecule has 1 N–H and O–H groups in total. The smallest absolute Gasteiger partial charge is 0.136 e. The SMILES string of the molecule is COc1c(CO)ccc2c1[C@]13CCN(C)C(C2)[C@]1(C1CO1)CCC(=O)[C@H]3C. The minimum absolute atomic E-state index is 0.0505. The maximum atomic E-state index is 13.0. The van der Waals surface area contributed by atoms with E-state index in [0.717, 1.165) is 43.7 Å². The Morgan fingerprint density at radius 1 is 1.37 bits per heavy atom. The number of Topliss-reactive ketones (excluding diaryl/α,β-unsaturated/α-hetero) is 1. The highest BCUT2D eigenvalue weighted by Gasteiger charge is 2.72. The third-order valence-corrected chi connectivity index (χ3v) is 8.29. The maximum Gasteiger partial charge on any atom is 0.136 e. The van der Waals surface area contributed by atoms with Crippen molar-refractivity contribution in [1.82, 2.24) is 4.90 Å². The highest BCUT2D eigenvalue weighted by molar-refractivity contribution is 5.85. The maximum absolute atomic E-state index is 13.0. The molecule has 1 aromatic carbocycles. The summed E-state index contributed by atoms with van der Waals surface area (Å²) >= 11 is 0. The highest BCUT2D eigenvalue weighted by Crippen LogP contribution is 2.69. The molecule has 0 spiro atoms. The molecule has 2 aliphatic heterocycles. The average molecular weight is 371 g/mol. The lowest BCUT2D eigenvalue weighted by Gasteiger charge is -2.67. The van der Waals surface area contributed by atoms with Crippen LogP contribution in [0.25, 0.3) is 0 Å². The van der Waals surface area contributed by atoms with Gasteiger partial charge in [0, 0.05) is 40.3 Å². The molecule has 27 heavy (non-hydrogen) atoms. The van der Waals surface area contributed by atoms with E-state index in [1.807, 2.05) is 6.07 Å². The zero-order valence-electron chi connectivity index (χ0n) is 16.5. The van der Waals surface area contributed by atoms with E-state index in [0.29, 0.717) is 18.2 Å². The van der Waals surface area contributed by atoms with Crippen molar-refractivity contribution in [2.75, 3.05) is 27.3 Å². The first-order chi connectivity index (χ1) is 13.0. The van der Waals surface area contributed by atoms with Crippen LogP contribution in [0.4, 0.5) is 0 Å². The molecular weight excluding hydrogens is 342 g/mol. The monoisotopic (exact) mass is 371 g/mol. The molecule has 2 heterocycles. The number of methoxy groups -OCH3 is 1. The minimum Gasteiger partial charge on any atom is -0.496 e. The molecule has 2 saturated heterocycles. The predicted octanol–water partition coefficient (Wildman–Crippen LogP) is 2.07. The summed E-state index contributed by atoms with van der Waals surface area (Å²) in [5.41, 5.74) is 2.96. The van der Waals surface area contributed by atoms with E-state index < -0.39 is 0 Å². The molecular formula is C22H29NO4. The Morgan fingerprint density at radius 3 is 2.81 bits per heavy atom. The van der Waals surface area contributed by atoms with Gasteiger partial charge in [-0.25, -0.2) is 0 Å². The van der Waals surface area contributed by atoms with Crippen molar-refractivity contribution in [2.45, 2.75) is 56.8 Å². The summed E-state index contributed by atoms with van der Waals surface area (Å²) < 4.78 is 11.9. The van der Waals surface area contributed by atoms with Gasteiger partial charge in [-0.15, -0.1) is 0 Å². The highest BCUT2D eigenvalue weighted by atomic mass is 16.6. The van der Waals surface area contributed by atoms with Crippen LogP contribution < -0.4 is 4.74 Å². The van der Waals surface area contributed by atoms with Gasteiger partial charge >= 0.3 is 0 Å². The normalized spacial score (nSPS) is 40.3. The van der Waals surface area contributed by atoms with Crippen molar-refractivity contribution >= 4 is 5.78 Å². The van der Waals surface area contributed by atoms with Crippen LogP contribution in [-0.2, 0) is 28.0 Å². The van der Waals surface area contributed by atoms with Crippen LogP contribution in [0.3, 0.4) is 0 Å². The molecule has 2 unspecified atom stereocenters. The first kappa shape index (κ1) is 17.7. The fraction of sp³-hybridized carbons (Fsp3) is 0.682. The van der Waals surface area contributed by atoms with Gasteiger partial charge in [0.1, 0.15) is 11.5 Å². The first-order valence-corrected chi connectivity index (χ1v) is 10.2. The van der Waals surface area contributed by atoms with E-state index in [2.05, 4.69) is 24.9 Å². The Morgan fingerprint density at radius 2 is 2.15 bits per heavy atom. The molecule has 5 atom stereocenters. The fourth-order valence-corrected chi connectivity index (χ4v) is 7.07. The van der Waals surface area contributed by atoms with Gasteiger partial charge in [0.25, 0.3) is 0 Å². The molecule has 1 aromatic rings. The number of carbonyl (C=O) groups excluding carboxylic acids is 1. The molecule has 5 nitrogen and oxygen atoms in total. The van der Waals surface area contributed by atoms with Crippen molar-refractivity contribution in [3.63, 3.8) is 0 Å². The predicted molar refractivity (Wildman–Crippen MR) is 101 cm³/mol. The van der Waals surface area contributed by atoms with Crippen LogP contribution in [0.15, 0.2) is 12.1 Å². The van der Waals surface area contributed by atoms with Gasteiger partial charge in [-0.3, -0.25) is 4.79 Å². The number of aliphatic hydroxyl groups excluding tert-OH is 1. The summed E-state index contributed by atoms with van der Waals surface area (Å²) in [7, 11) is 3.92. The summed E-state index contributed by atoms with van der Waals surface area (Å²) in [6, 6.07) is 4.52. The lowest BCUT2D eigenvalue weighted by molar-refractivity contribution is -0.154. The number of hydrogen-bond acceptors (Lipinski definition) is 5. The van der Waals surface area contributed by atoms with E-state index in [9.17, 15) is 9.90 Å². The molecule has 3 fully saturated rings. The Bertz CT molecular complexity index is 804. The number of ether oxygens (including phenoxy) is 2. The number of ketones is 1. The second-order valence-electron chi connectivity index (χ2n) is 8.92. The fourth-order valence-electron chi connectivity index (χ4n) is 7.07. The number of benzene rings is 1. The van der Waals surface area contributed by atoms with E-state index in [-0.39, 0.29) is 29.5 Å². The molecule has 0 amide bonds. The molecule has 4 aliphatic rings. The summed E-state index contributed by atoms with van der Waals surface area (Å²) in [6.07, 6.45) is 3.64. The summed E-state index contributed by atoms with van der Waals surface area (Å²) in [5.74, 6) is 1.09. The van der Waals surface area contributed by atoms with E-state index in [4.69, 9.17) is 9.47 Å². The molecule has 146 valence electrons. The molecule has 1 saturated carbocycles. The van der Waals surface area contributed by atoms with Crippen molar-refractivity contribution in [2.24, 2.45) is 11.3 Å². The number of fused-ring (bicyclic) bond motifs is 1. The van der Waals surface area contributed by atoms with Crippen molar-refractivity contribution in [1.29, 1.82) is 0 Å². The van der Waals surface area contributed by atoms with Crippen LogP contribution in [-0.4, -0.2) is 55.2 Å². The van der Waals surface area contributed by atoms with Crippen molar-refractivity contribution in [3.05, 3.63) is 28.8 Å². The molecule has 5 rings (SSSR count). The average Bonchev–Trinajstić information content (AvgIpc) is 3.52. The summed E-state index contributed by atoms with van der Waals surface area (Å²) in [6.45, 7) is 3.85. The van der Waals surface area contributed by atoms with Crippen LogP contribution in [0.1, 0.15) is 42.9 Å². The number of rotatable bonds is 3. The lowest BCUT2D eigenvalue weighted by atomic mass is 9.40. The van der Waals surface area contributed by atoms with Gasteiger partial charge in [0.05, 0.1) is 26.4 Å². The molecule has 0 aromatic heterocycles. The topological polar surface area (TPSA) is 62.3 Å². The number of piperidine rings is 1. The first-order valence-electron chi connectivity index (χ1n) is 10.2. The summed E-state index contributed by atoms with van der Waals surface area (Å²) in [4.78, 5) is 15.5. The van der Waals surface area contributed by atoms with E-state index >= 15 is 0 Å². The zero-order chi connectivity index (χ0) is 19.0. The van der Waals surface area contributed by atoms with Crippen LogP contribution in [0.2, 0.25) is 0 Å². The van der Waals surface area contributed by atoms with Gasteiger partial charge in [-0.05, 0) is 38.4 Å². The zero-order valence-corrected chi connectivity index (χ0v) is 16.5. The van der Waals surface area contributed by atoms with Crippen molar-refractivity contribution < 1.29 is 19.4 Å².